The van der Waals surface area contributed by atoms with Crippen molar-refractivity contribution in [1.29, 1.82) is 0 Å². The van der Waals surface area contributed by atoms with E-state index in [0.717, 1.165) is 11.1 Å². The van der Waals surface area contributed by atoms with Crippen molar-refractivity contribution >= 4 is 11.8 Å². The lowest BCUT2D eigenvalue weighted by Crippen LogP contribution is -2.30. The summed E-state index contributed by atoms with van der Waals surface area (Å²) in [6, 6.07) is 14.4. The number of amides is 2. The summed E-state index contributed by atoms with van der Waals surface area (Å²) in [5, 5.41) is 0. The lowest BCUT2D eigenvalue weighted by Gasteiger charge is -2.25. The number of rotatable bonds is 7. The van der Waals surface area contributed by atoms with E-state index in [1.54, 1.807) is 24.3 Å². The molecule has 2 aromatic rings. The summed E-state index contributed by atoms with van der Waals surface area (Å²) in [5.74, 6) is 10.3. The lowest BCUT2D eigenvalue weighted by atomic mass is 9.90. The molecular formula is C22H28N4O3. The quantitative estimate of drug-likeness (QED) is 0.326. The molecule has 0 unspecified atom stereocenters. The molecule has 3 rings (SSSR count). The molecular weight excluding hydrogens is 368 g/mol. The number of hydrazine groups is 2. The first-order chi connectivity index (χ1) is 14.1. The first kappa shape index (κ1) is 21.0. The molecule has 0 radical (unpaired) electrons. The molecule has 0 bridgehead atoms. The van der Waals surface area contributed by atoms with Gasteiger partial charge in [-0.25, -0.2) is 11.7 Å². The predicted molar refractivity (Wildman–Crippen MR) is 111 cm³/mol. The Morgan fingerprint density at radius 1 is 0.828 bits per heavy atom. The second kappa shape index (κ2) is 10.2. The molecule has 1 fully saturated rings. The topological polar surface area (TPSA) is 119 Å². The van der Waals surface area contributed by atoms with Gasteiger partial charge in [-0.2, -0.15) is 0 Å². The maximum Gasteiger partial charge on any atom is 0.265 e. The fourth-order valence-electron chi connectivity index (χ4n) is 3.76. The van der Waals surface area contributed by atoms with Crippen molar-refractivity contribution in [2.45, 2.75) is 38.2 Å². The maximum atomic E-state index is 11.7. The van der Waals surface area contributed by atoms with Crippen LogP contribution >= 0.6 is 0 Å². The normalized spacial score (nSPS) is 14.6. The van der Waals surface area contributed by atoms with Gasteiger partial charge in [0.15, 0.2) is 0 Å². The van der Waals surface area contributed by atoms with Crippen LogP contribution in [-0.2, 0) is 4.74 Å². The molecule has 0 spiro atoms. The van der Waals surface area contributed by atoms with E-state index in [-0.39, 0.29) is 17.9 Å². The molecule has 0 aromatic heterocycles. The van der Waals surface area contributed by atoms with E-state index in [0.29, 0.717) is 23.7 Å². The zero-order chi connectivity index (χ0) is 20.6. The van der Waals surface area contributed by atoms with Crippen LogP contribution < -0.4 is 22.5 Å². The number of carbonyl (C=O) groups is 2. The van der Waals surface area contributed by atoms with Crippen molar-refractivity contribution < 1.29 is 14.3 Å². The van der Waals surface area contributed by atoms with Crippen molar-refractivity contribution in [2.24, 2.45) is 17.6 Å². The highest BCUT2D eigenvalue weighted by atomic mass is 16.5. The third-order valence-electron chi connectivity index (χ3n) is 5.44. The molecule has 0 saturated heterocycles. The molecule has 6 N–H and O–H groups in total. The Kier molecular flexibility index (Phi) is 7.35. The van der Waals surface area contributed by atoms with Crippen LogP contribution in [0.2, 0.25) is 0 Å². The number of nitrogen functional groups attached to an aromatic ring is 2. The van der Waals surface area contributed by atoms with E-state index < -0.39 is 0 Å². The van der Waals surface area contributed by atoms with Gasteiger partial charge >= 0.3 is 0 Å². The Morgan fingerprint density at radius 3 is 1.69 bits per heavy atom. The fraction of sp³-hybridized carbons (Fsp3) is 0.364. The van der Waals surface area contributed by atoms with Gasteiger partial charge in [0.25, 0.3) is 11.8 Å². The third-order valence-corrected chi connectivity index (χ3v) is 5.44. The van der Waals surface area contributed by atoms with Crippen LogP contribution in [0.3, 0.4) is 0 Å². The molecule has 2 amide bonds. The van der Waals surface area contributed by atoms with E-state index in [1.807, 2.05) is 24.3 Å². The standard InChI is InChI=1S/C22H28N4O3/c23-25-21(27)18-10-6-16(7-11-18)20(29-14-15-4-2-1-3-5-15)17-8-12-19(13-9-17)22(28)26-24/h6-13,15,20H,1-5,14,23-24H2,(H,25,27)(H,26,28). The minimum Gasteiger partial charge on any atom is -0.369 e. The second-order valence-electron chi connectivity index (χ2n) is 7.41. The summed E-state index contributed by atoms with van der Waals surface area (Å²) in [6.45, 7) is 0.681. The average Bonchev–Trinajstić information content (AvgIpc) is 2.79. The highest BCUT2D eigenvalue weighted by molar-refractivity contribution is 5.94. The van der Waals surface area contributed by atoms with Crippen molar-refractivity contribution in [3.63, 3.8) is 0 Å². The van der Waals surface area contributed by atoms with E-state index in [2.05, 4.69) is 10.9 Å². The first-order valence-corrected chi connectivity index (χ1v) is 9.95. The molecule has 2 aromatic carbocycles. The van der Waals surface area contributed by atoms with Crippen LogP contribution in [-0.4, -0.2) is 18.4 Å². The number of nitrogens with one attached hydrogen (secondary N) is 2. The molecule has 1 aliphatic rings. The van der Waals surface area contributed by atoms with Gasteiger partial charge in [0, 0.05) is 11.1 Å². The molecule has 1 saturated carbocycles. The van der Waals surface area contributed by atoms with E-state index in [1.165, 1.54) is 32.1 Å². The van der Waals surface area contributed by atoms with Gasteiger partial charge in [0.05, 0.1) is 6.61 Å². The Balaban J connectivity index is 1.82. The maximum absolute atomic E-state index is 11.7. The predicted octanol–water partition coefficient (Wildman–Crippen LogP) is 2.58. The summed E-state index contributed by atoms with van der Waals surface area (Å²) in [7, 11) is 0. The van der Waals surface area contributed by atoms with E-state index in [4.69, 9.17) is 16.4 Å². The molecule has 29 heavy (non-hydrogen) atoms. The van der Waals surface area contributed by atoms with Crippen LogP contribution in [0, 0.1) is 5.92 Å². The zero-order valence-electron chi connectivity index (χ0n) is 16.4. The van der Waals surface area contributed by atoms with Gasteiger partial charge in [0.2, 0.25) is 0 Å². The largest absolute Gasteiger partial charge is 0.369 e. The molecule has 1 aliphatic carbocycles. The van der Waals surface area contributed by atoms with Crippen molar-refractivity contribution in [2.75, 3.05) is 6.61 Å². The molecule has 7 heteroatoms. The summed E-state index contributed by atoms with van der Waals surface area (Å²) in [5.41, 5.74) is 7.11. The number of carbonyl (C=O) groups excluding carboxylic acids is 2. The van der Waals surface area contributed by atoms with Gasteiger partial charge in [-0.3, -0.25) is 20.4 Å². The third kappa shape index (κ3) is 5.41. The Hall–Kier alpha value is -2.74. The Bertz CT molecular complexity index is 755. The first-order valence-electron chi connectivity index (χ1n) is 9.95. The van der Waals surface area contributed by atoms with Crippen LogP contribution in [0.4, 0.5) is 0 Å². The number of nitrogens with two attached hydrogens (primary N) is 2. The molecule has 154 valence electrons. The van der Waals surface area contributed by atoms with Crippen LogP contribution in [0.25, 0.3) is 0 Å². The van der Waals surface area contributed by atoms with Crippen molar-refractivity contribution in [1.82, 2.24) is 10.9 Å². The van der Waals surface area contributed by atoms with Gasteiger partial charge in [-0.05, 0) is 54.2 Å². The van der Waals surface area contributed by atoms with Crippen LogP contribution in [0.5, 0.6) is 0 Å². The van der Waals surface area contributed by atoms with Crippen LogP contribution in [0.1, 0.15) is 70.1 Å². The zero-order valence-corrected chi connectivity index (χ0v) is 16.4. The SMILES string of the molecule is NNC(=O)c1ccc(C(OCC2CCCCC2)c2ccc(C(=O)NN)cc2)cc1. The number of ether oxygens (including phenoxy) is 1. The number of hydrogen-bond acceptors (Lipinski definition) is 5. The minimum atomic E-state index is -0.339. The monoisotopic (exact) mass is 396 g/mol. The highest BCUT2D eigenvalue weighted by Crippen LogP contribution is 2.30. The molecule has 0 heterocycles. The average molecular weight is 396 g/mol. The van der Waals surface area contributed by atoms with Gasteiger partial charge in [-0.1, -0.05) is 43.5 Å². The Labute approximate surface area is 170 Å². The second-order valence-corrected chi connectivity index (χ2v) is 7.41. The lowest BCUT2D eigenvalue weighted by molar-refractivity contribution is 0.0419. The number of benzene rings is 2. The van der Waals surface area contributed by atoms with E-state index in [9.17, 15) is 9.59 Å². The van der Waals surface area contributed by atoms with Gasteiger partial charge in [-0.15, -0.1) is 0 Å². The number of hydrogen-bond donors (Lipinski definition) is 4. The Morgan fingerprint density at radius 2 is 1.28 bits per heavy atom. The van der Waals surface area contributed by atoms with Gasteiger partial charge in [0.1, 0.15) is 6.10 Å². The van der Waals surface area contributed by atoms with Crippen LogP contribution in [0.15, 0.2) is 48.5 Å². The van der Waals surface area contributed by atoms with Crippen molar-refractivity contribution in [3.05, 3.63) is 70.8 Å². The highest BCUT2D eigenvalue weighted by Gasteiger charge is 2.20. The molecule has 0 aliphatic heterocycles. The minimum absolute atomic E-state index is 0.290. The molecule has 7 nitrogen and oxygen atoms in total. The van der Waals surface area contributed by atoms with Gasteiger partial charge < -0.3 is 4.74 Å². The smallest absolute Gasteiger partial charge is 0.265 e. The fourth-order valence-corrected chi connectivity index (χ4v) is 3.76. The van der Waals surface area contributed by atoms with Crippen molar-refractivity contribution in [3.8, 4) is 0 Å². The summed E-state index contributed by atoms with van der Waals surface area (Å²) in [6.07, 6.45) is 5.90. The summed E-state index contributed by atoms with van der Waals surface area (Å²) >= 11 is 0. The summed E-state index contributed by atoms with van der Waals surface area (Å²) in [4.78, 5) is 23.4. The summed E-state index contributed by atoms with van der Waals surface area (Å²) < 4.78 is 6.36. The van der Waals surface area contributed by atoms with E-state index >= 15 is 0 Å². The molecule has 0 atom stereocenters.